The van der Waals surface area contributed by atoms with Gasteiger partial charge in [0.1, 0.15) is 0 Å². The Hall–Kier alpha value is -2.93. The molecule has 1 aromatic heterocycles. The molecule has 0 aliphatic carbocycles. The number of nitrogens with zero attached hydrogens (tertiary/aromatic N) is 2. The molecule has 1 aliphatic rings. The summed E-state index contributed by atoms with van der Waals surface area (Å²) in [6, 6.07) is 12.8. The molecule has 1 amide bonds. The van der Waals surface area contributed by atoms with Gasteiger partial charge in [0.2, 0.25) is 0 Å². The van der Waals surface area contributed by atoms with Crippen molar-refractivity contribution in [2.75, 3.05) is 25.3 Å². The number of nitrogens with one attached hydrogen (secondary N) is 1. The van der Waals surface area contributed by atoms with Crippen molar-refractivity contribution in [2.24, 2.45) is 0 Å². The van der Waals surface area contributed by atoms with E-state index in [-0.39, 0.29) is 5.91 Å². The highest BCUT2D eigenvalue weighted by atomic mass is 32.2. The Balaban J connectivity index is 1.48. The minimum atomic E-state index is -0.207. The van der Waals surface area contributed by atoms with Crippen LogP contribution >= 0.6 is 11.8 Å². The molecule has 1 N–H and O–H groups in total. The molecule has 2 aromatic carbocycles. The molecule has 7 heteroatoms. The van der Waals surface area contributed by atoms with Crippen molar-refractivity contribution in [1.82, 2.24) is 9.55 Å². The lowest BCUT2D eigenvalue weighted by atomic mass is 10.1. The molecule has 0 spiro atoms. The van der Waals surface area contributed by atoms with E-state index in [4.69, 9.17) is 9.47 Å². The van der Waals surface area contributed by atoms with Gasteiger partial charge in [-0.1, -0.05) is 23.9 Å². The van der Waals surface area contributed by atoms with Crippen LogP contribution in [0.3, 0.4) is 0 Å². The second-order valence-corrected chi connectivity index (χ2v) is 7.11. The average Bonchev–Trinajstić information content (AvgIpc) is 3.30. The van der Waals surface area contributed by atoms with Crippen LogP contribution in [0.15, 0.2) is 53.8 Å². The topological polar surface area (TPSA) is 65.4 Å². The number of benzene rings is 2. The van der Waals surface area contributed by atoms with E-state index in [2.05, 4.69) is 21.1 Å². The maximum absolute atomic E-state index is 12.5. The molecule has 2 heterocycles. The smallest absolute Gasteiger partial charge is 0.255 e. The number of rotatable bonds is 5. The summed E-state index contributed by atoms with van der Waals surface area (Å²) >= 11 is 1.77. The first-order chi connectivity index (χ1) is 13.2. The number of thioether (sulfide) groups is 1. The van der Waals surface area contributed by atoms with E-state index < -0.39 is 0 Å². The first-order valence-corrected chi connectivity index (χ1v) is 9.50. The molecule has 4 rings (SSSR count). The van der Waals surface area contributed by atoms with Crippen LogP contribution < -0.4 is 14.8 Å². The molecule has 27 heavy (non-hydrogen) atoms. The number of imidazole rings is 1. The van der Waals surface area contributed by atoms with Crippen LogP contribution in [0, 0.1) is 0 Å². The largest absolute Gasteiger partial charge is 0.493 e. The van der Waals surface area contributed by atoms with Crippen LogP contribution in [-0.2, 0) is 6.54 Å². The Labute approximate surface area is 161 Å². The van der Waals surface area contributed by atoms with Crippen molar-refractivity contribution in [3.05, 3.63) is 54.2 Å². The standard InChI is InChI=1S/C20H19N3O3S/c1-25-17-8-5-14(11-18(17)26-2)19(24)21-15-6-3-13(4-7-15)16-12-23-9-10-27-20(23)22-16/h3-8,11-12H,9-10H2,1-2H3,(H,21,24). The van der Waals surface area contributed by atoms with Gasteiger partial charge in [-0.25, -0.2) is 4.98 Å². The maximum Gasteiger partial charge on any atom is 0.255 e. The number of aromatic nitrogens is 2. The Morgan fingerprint density at radius 2 is 1.89 bits per heavy atom. The molecule has 3 aromatic rings. The number of carbonyl (C=O) groups is 1. The molecule has 6 nitrogen and oxygen atoms in total. The lowest BCUT2D eigenvalue weighted by molar-refractivity contribution is 0.102. The first kappa shape index (κ1) is 17.5. The summed E-state index contributed by atoms with van der Waals surface area (Å²) in [4.78, 5) is 17.2. The highest BCUT2D eigenvalue weighted by Gasteiger charge is 2.15. The van der Waals surface area contributed by atoms with Crippen LogP contribution in [0.5, 0.6) is 11.5 Å². The zero-order chi connectivity index (χ0) is 18.8. The predicted molar refractivity (Wildman–Crippen MR) is 106 cm³/mol. The van der Waals surface area contributed by atoms with Crippen LogP contribution in [0.2, 0.25) is 0 Å². The van der Waals surface area contributed by atoms with Gasteiger partial charge >= 0.3 is 0 Å². The van der Waals surface area contributed by atoms with Crippen molar-refractivity contribution in [2.45, 2.75) is 11.7 Å². The number of aryl methyl sites for hydroxylation is 1. The van der Waals surface area contributed by atoms with Gasteiger partial charge in [-0.3, -0.25) is 4.79 Å². The van der Waals surface area contributed by atoms with Crippen molar-refractivity contribution >= 4 is 23.4 Å². The summed E-state index contributed by atoms with van der Waals surface area (Å²) in [7, 11) is 3.11. The Morgan fingerprint density at radius 1 is 1.11 bits per heavy atom. The third-order valence-corrected chi connectivity index (χ3v) is 5.36. The SMILES string of the molecule is COc1ccc(C(=O)Nc2ccc(-c3cn4c(n3)SCC4)cc2)cc1OC. The zero-order valence-electron chi connectivity index (χ0n) is 15.1. The van der Waals surface area contributed by atoms with Gasteiger partial charge in [0.25, 0.3) is 5.91 Å². The number of carbonyl (C=O) groups excluding carboxylic acids is 1. The Kier molecular flexibility index (Phi) is 4.77. The fourth-order valence-corrected chi connectivity index (χ4v) is 3.90. The highest BCUT2D eigenvalue weighted by molar-refractivity contribution is 7.99. The monoisotopic (exact) mass is 381 g/mol. The lowest BCUT2D eigenvalue weighted by Gasteiger charge is -2.10. The third-order valence-electron chi connectivity index (χ3n) is 4.39. The molecule has 1 aliphatic heterocycles. The Bertz CT molecular complexity index is 961. The number of amides is 1. The van der Waals surface area contributed by atoms with Crippen LogP contribution in [0.25, 0.3) is 11.3 Å². The summed E-state index contributed by atoms with van der Waals surface area (Å²) in [5.74, 6) is 1.99. The van der Waals surface area contributed by atoms with Gasteiger partial charge in [0.15, 0.2) is 16.7 Å². The molecular weight excluding hydrogens is 362 g/mol. The number of hydrogen-bond acceptors (Lipinski definition) is 5. The van der Waals surface area contributed by atoms with E-state index in [1.807, 2.05) is 24.3 Å². The normalized spacial score (nSPS) is 12.5. The van der Waals surface area contributed by atoms with E-state index in [0.29, 0.717) is 17.1 Å². The third kappa shape index (κ3) is 3.50. The van der Waals surface area contributed by atoms with Gasteiger partial charge in [-0.15, -0.1) is 0 Å². The van der Waals surface area contributed by atoms with Crippen molar-refractivity contribution in [3.8, 4) is 22.8 Å². The highest BCUT2D eigenvalue weighted by Crippen LogP contribution is 2.30. The molecule has 0 saturated carbocycles. The molecule has 0 saturated heterocycles. The van der Waals surface area contributed by atoms with E-state index in [0.717, 1.165) is 34.4 Å². The zero-order valence-corrected chi connectivity index (χ0v) is 15.9. The number of fused-ring (bicyclic) bond motifs is 1. The molecule has 0 bridgehead atoms. The van der Waals surface area contributed by atoms with E-state index >= 15 is 0 Å². The van der Waals surface area contributed by atoms with Crippen molar-refractivity contribution in [1.29, 1.82) is 0 Å². The summed E-state index contributed by atoms with van der Waals surface area (Å²) in [6.07, 6.45) is 2.08. The number of anilines is 1. The number of ether oxygens (including phenoxy) is 2. The second-order valence-electron chi connectivity index (χ2n) is 6.05. The molecule has 0 fully saturated rings. The average molecular weight is 381 g/mol. The quantitative estimate of drug-likeness (QED) is 0.726. The van der Waals surface area contributed by atoms with Crippen molar-refractivity contribution in [3.63, 3.8) is 0 Å². The Morgan fingerprint density at radius 3 is 2.59 bits per heavy atom. The van der Waals surface area contributed by atoms with Crippen molar-refractivity contribution < 1.29 is 14.3 Å². The number of methoxy groups -OCH3 is 2. The second kappa shape index (κ2) is 7.36. The van der Waals surface area contributed by atoms with Crippen LogP contribution in [0.1, 0.15) is 10.4 Å². The van der Waals surface area contributed by atoms with E-state index in [1.165, 1.54) is 0 Å². The maximum atomic E-state index is 12.5. The number of hydrogen-bond donors (Lipinski definition) is 1. The molecule has 0 radical (unpaired) electrons. The summed E-state index contributed by atoms with van der Waals surface area (Å²) in [6.45, 7) is 1.01. The van der Waals surface area contributed by atoms with Gasteiger partial charge < -0.3 is 19.4 Å². The first-order valence-electron chi connectivity index (χ1n) is 8.51. The summed E-state index contributed by atoms with van der Waals surface area (Å²) < 4.78 is 12.6. The van der Waals surface area contributed by atoms with Crippen LogP contribution in [-0.4, -0.2) is 35.4 Å². The predicted octanol–water partition coefficient (Wildman–Crippen LogP) is 3.93. The van der Waals surface area contributed by atoms with Gasteiger partial charge in [-0.2, -0.15) is 0 Å². The fourth-order valence-electron chi connectivity index (χ4n) is 2.95. The fraction of sp³-hybridized carbons (Fsp3) is 0.200. The molecule has 0 atom stereocenters. The summed E-state index contributed by atoms with van der Waals surface area (Å²) in [5, 5.41) is 3.97. The molecular formula is C20H19N3O3S. The van der Waals surface area contributed by atoms with Gasteiger partial charge in [0, 0.05) is 35.3 Å². The van der Waals surface area contributed by atoms with E-state index in [9.17, 15) is 4.79 Å². The van der Waals surface area contributed by atoms with Crippen LogP contribution in [0.4, 0.5) is 5.69 Å². The molecule has 138 valence electrons. The minimum absolute atomic E-state index is 0.207. The lowest BCUT2D eigenvalue weighted by Crippen LogP contribution is -2.12. The van der Waals surface area contributed by atoms with Gasteiger partial charge in [-0.05, 0) is 30.3 Å². The summed E-state index contributed by atoms with van der Waals surface area (Å²) in [5.41, 5.74) is 3.20. The minimum Gasteiger partial charge on any atom is -0.493 e. The molecule has 0 unspecified atom stereocenters. The van der Waals surface area contributed by atoms with E-state index in [1.54, 1.807) is 44.2 Å². The van der Waals surface area contributed by atoms with Gasteiger partial charge in [0.05, 0.1) is 19.9 Å².